The van der Waals surface area contributed by atoms with Crippen LogP contribution in [0.15, 0.2) is 0 Å². The molecule has 0 fully saturated rings. The molecule has 0 aromatic rings. The van der Waals surface area contributed by atoms with Crippen LogP contribution in [-0.4, -0.2) is 25.9 Å². The van der Waals surface area contributed by atoms with E-state index in [2.05, 4.69) is 20.4 Å². The molecular formula is C5H13Si3. The third-order valence-corrected chi connectivity index (χ3v) is 13.3. The molecule has 5 radical (unpaired) electrons. The topological polar surface area (TPSA) is 0 Å². The maximum atomic E-state index is 2.36. The van der Waals surface area contributed by atoms with Crippen LogP contribution in [0.4, 0.5) is 0 Å². The van der Waals surface area contributed by atoms with Crippen LogP contribution in [0.25, 0.3) is 0 Å². The highest BCUT2D eigenvalue weighted by molar-refractivity contribution is 7.39. The minimum atomic E-state index is 0.181. The summed E-state index contributed by atoms with van der Waals surface area (Å²) < 4.78 is 0. The van der Waals surface area contributed by atoms with E-state index in [1.54, 1.807) is 0 Å². The lowest BCUT2D eigenvalue weighted by atomic mass is 11.0. The molecule has 3 heteroatoms. The van der Waals surface area contributed by atoms with Gasteiger partial charge in [0.2, 0.25) is 0 Å². The molecule has 0 rings (SSSR count). The Hall–Kier alpha value is 0.651. The molecule has 0 unspecified atom stereocenters. The van der Waals surface area contributed by atoms with Crippen LogP contribution < -0.4 is 0 Å². The lowest BCUT2D eigenvalue weighted by molar-refractivity contribution is 1.44. The van der Waals surface area contributed by atoms with Gasteiger partial charge in [-0.3, -0.25) is 0 Å². The van der Waals surface area contributed by atoms with Crippen LogP contribution >= 0.6 is 0 Å². The second kappa shape index (κ2) is 5.78. The average molecular weight is 157 g/mol. The Bertz CT molecular complexity index is 42.9. The lowest BCUT2D eigenvalue weighted by Gasteiger charge is -2.04. The molecular weight excluding hydrogens is 144 g/mol. The van der Waals surface area contributed by atoms with Crippen molar-refractivity contribution >= 4 is 25.9 Å². The average Bonchev–Trinajstić information content (AvgIpc) is 1.83. The molecule has 0 bridgehead atoms. The fourth-order valence-electron chi connectivity index (χ4n) is 0.604. The van der Waals surface area contributed by atoms with Crippen molar-refractivity contribution in [2.45, 2.75) is 32.5 Å². The third-order valence-electron chi connectivity index (χ3n) is 1.05. The molecule has 0 heterocycles. The maximum Gasteiger partial charge on any atom is 0.0219 e. The van der Waals surface area contributed by atoms with Crippen molar-refractivity contribution in [3.05, 3.63) is 0 Å². The summed E-state index contributed by atoms with van der Waals surface area (Å²) in [5.41, 5.74) is 0. The molecule has 0 aromatic heterocycles. The van der Waals surface area contributed by atoms with Crippen LogP contribution in [0.1, 0.15) is 13.8 Å². The van der Waals surface area contributed by atoms with E-state index in [1.165, 1.54) is 30.2 Å². The summed E-state index contributed by atoms with van der Waals surface area (Å²) in [7, 11) is 2.77. The fraction of sp³-hybridized carbons (Fsp3) is 1.00. The van der Waals surface area contributed by atoms with E-state index in [9.17, 15) is 0 Å². The molecule has 0 aromatic carbocycles. The SMILES string of the molecule is CC[Si][Si](CC)[Si]C. The number of hydrogen-bond acceptors (Lipinski definition) is 0. The minimum absolute atomic E-state index is 0.181. The van der Waals surface area contributed by atoms with E-state index in [0.29, 0.717) is 0 Å². The van der Waals surface area contributed by atoms with Crippen LogP contribution in [0.5, 0.6) is 0 Å². The normalized spacial score (nSPS) is 10.5. The largest absolute Gasteiger partial charge is 0.0759 e. The van der Waals surface area contributed by atoms with Gasteiger partial charge in [0.05, 0.1) is 0 Å². The zero-order chi connectivity index (χ0) is 6.41. The van der Waals surface area contributed by atoms with Gasteiger partial charge in [-0.2, -0.15) is 0 Å². The van der Waals surface area contributed by atoms with Gasteiger partial charge in [0, 0.05) is 25.9 Å². The lowest BCUT2D eigenvalue weighted by Crippen LogP contribution is -2.26. The molecule has 0 atom stereocenters. The summed E-state index contributed by atoms with van der Waals surface area (Å²) in [6.07, 6.45) is 0. The van der Waals surface area contributed by atoms with E-state index in [-0.39, 0.29) is 7.83 Å². The number of hydrogen-bond donors (Lipinski definition) is 0. The van der Waals surface area contributed by atoms with Gasteiger partial charge in [-0.05, 0) is 0 Å². The smallest absolute Gasteiger partial charge is 0.0219 e. The van der Waals surface area contributed by atoms with Gasteiger partial charge in [0.15, 0.2) is 0 Å². The van der Waals surface area contributed by atoms with Gasteiger partial charge in [-0.25, -0.2) is 0 Å². The molecule has 0 spiro atoms. The third kappa shape index (κ3) is 3.63. The van der Waals surface area contributed by atoms with Gasteiger partial charge in [0.1, 0.15) is 0 Å². The van der Waals surface area contributed by atoms with Crippen molar-refractivity contribution in [2.24, 2.45) is 0 Å². The molecule has 0 amide bonds. The maximum absolute atomic E-state index is 2.36. The second-order valence-electron chi connectivity index (χ2n) is 1.61. The predicted molar refractivity (Wildman–Crippen MR) is 44.1 cm³/mol. The van der Waals surface area contributed by atoms with Crippen LogP contribution in [-0.2, 0) is 0 Å². The van der Waals surface area contributed by atoms with Crippen molar-refractivity contribution in [1.82, 2.24) is 0 Å². The zero-order valence-electron chi connectivity index (χ0n) is 5.91. The minimum Gasteiger partial charge on any atom is -0.0759 e. The van der Waals surface area contributed by atoms with Crippen molar-refractivity contribution < 1.29 is 0 Å². The van der Waals surface area contributed by atoms with Crippen molar-refractivity contribution in [3.63, 3.8) is 0 Å². The Labute approximate surface area is 58.9 Å². The highest BCUT2D eigenvalue weighted by Crippen LogP contribution is 1.89. The Morgan fingerprint density at radius 2 is 2.00 bits per heavy atom. The second-order valence-corrected chi connectivity index (χ2v) is 12.5. The first-order chi connectivity index (χ1) is 3.85. The van der Waals surface area contributed by atoms with Crippen molar-refractivity contribution in [1.29, 1.82) is 0 Å². The quantitative estimate of drug-likeness (QED) is 0.541. The molecule has 45 valence electrons. The van der Waals surface area contributed by atoms with Crippen molar-refractivity contribution in [2.75, 3.05) is 0 Å². The molecule has 0 aliphatic heterocycles. The Balaban J connectivity index is 3.07. The van der Waals surface area contributed by atoms with Crippen LogP contribution in [0.2, 0.25) is 18.6 Å². The molecule has 0 saturated heterocycles. The van der Waals surface area contributed by atoms with Gasteiger partial charge in [-0.1, -0.05) is 32.5 Å². The Morgan fingerprint density at radius 1 is 1.38 bits per heavy atom. The molecule has 0 saturated carbocycles. The summed E-state index contributed by atoms with van der Waals surface area (Å²) >= 11 is 0. The van der Waals surface area contributed by atoms with E-state index in [4.69, 9.17) is 0 Å². The molecule has 0 N–H and O–H groups in total. The number of rotatable bonds is 4. The van der Waals surface area contributed by atoms with E-state index in [0.717, 1.165) is 0 Å². The highest BCUT2D eigenvalue weighted by atomic mass is 29.6. The summed E-state index contributed by atoms with van der Waals surface area (Å²) in [5, 5.41) is 0. The summed E-state index contributed by atoms with van der Waals surface area (Å²) in [6.45, 7) is 7.01. The monoisotopic (exact) mass is 157 g/mol. The first-order valence-electron chi connectivity index (χ1n) is 3.12. The zero-order valence-corrected chi connectivity index (χ0v) is 8.91. The Morgan fingerprint density at radius 3 is 2.12 bits per heavy atom. The molecule has 0 nitrogen and oxygen atoms in total. The van der Waals surface area contributed by atoms with Gasteiger partial charge < -0.3 is 0 Å². The Kier molecular flexibility index (Phi) is 6.25. The van der Waals surface area contributed by atoms with E-state index >= 15 is 0 Å². The summed E-state index contributed by atoms with van der Waals surface area (Å²) in [4.78, 5) is 0. The standard InChI is InChI=1S/C5H13Si3/c1-4-7-8(5-2)6-3/h4-5H2,1-3H3. The predicted octanol–water partition coefficient (Wildman–Crippen LogP) is 1.39. The van der Waals surface area contributed by atoms with Crippen LogP contribution in [0, 0.1) is 0 Å². The highest BCUT2D eigenvalue weighted by Gasteiger charge is 2.03. The van der Waals surface area contributed by atoms with Gasteiger partial charge in [0.25, 0.3) is 0 Å². The molecule has 8 heavy (non-hydrogen) atoms. The molecule has 0 aliphatic carbocycles. The van der Waals surface area contributed by atoms with E-state index < -0.39 is 0 Å². The summed E-state index contributed by atoms with van der Waals surface area (Å²) in [5.74, 6) is 0. The first kappa shape index (κ1) is 8.65. The van der Waals surface area contributed by atoms with E-state index in [1.807, 2.05) is 0 Å². The fourth-order valence-corrected chi connectivity index (χ4v) is 8.61. The first-order valence-corrected chi connectivity index (χ1v) is 9.54. The van der Waals surface area contributed by atoms with Gasteiger partial charge >= 0.3 is 0 Å². The summed E-state index contributed by atoms with van der Waals surface area (Å²) in [6, 6.07) is 2.93. The molecule has 0 aliphatic rings. The van der Waals surface area contributed by atoms with Crippen molar-refractivity contribution in [3.8, 4) is 0 Å². The van der Waals surface area contributed by atoms with Crippen LogP contribution in [0.3, 0.4) is 0 Å². The van der Waals surface area contributed by atoms with Gasteiger partial charge in [-0.15, -0.1) is 0 Å².